The molecule has 0 aromatic carbocycles. The maximum Gasteiger partial charge on any atom is 0.271 e. The quantitative estimate of drug-likeness (QED) is 0.660. The second-order valence-electron chi connectivity index (χ2n) is 7.25. The number of nitrogens with zero attached hydrogens (tertiary/aromatic N) is 2. The summed E-state index contributed by atoms with van der Waals surface area (Å²) in [4.78, 5) is 26.2. The number of H-pyrrole nitrogens is 1. The molecule has 0 aliphatic carbocycles. The summed E-state index contributed by atoms with van der Waals surface area (Å²) in [5, 5.41) is 13.0. The maximum absolute atomic E-state index is 12.3. The topological polar surface area (TPSA) is 90.1 Å². The normalized spacial score (nSPS) is 16.2. The first-order valence-electron chi connectivity index (χ1n) is 9.32. The molecule has 2 rings (SSSR count). The van der Waals surface area contributed by atoms with Gasteiger partial charge >= 0.3 is 0 Å². The van der Waals surface area contributed by atoms with Gasteiger partial charge in [-0.15, -0.1) is 0 Å². The Morgan fingerprint density at radius 2 is 2.08 bits per heavy atom. The van der Waals surface area contributed by atoms with E-state index in [1.165, 1.54) is 0 Å². The lowest BCUT2D eigenvalue weighted by Gasteiger charge is -2.31. The van der Waals surface area contributed by atoms with E-state index in [9.17, 15) is 9.59 Å². The van der Waals surface area contributed by atoms with Crippen LogP contribution in [0.3, 0.4) is 0 Å². The van der Waals surface area contributed by atoms with Gasteiger partial charge in [-0.1, -0.05) is 20.8 Å². The second kappa shape index (κ2) is 9.56. The van der Waals surface area contributed by atoms with Gasteiger partial charge in [0.25, 0.3) is 5.91 Å². The molecule has 1 aromatic rings. The van der Waals surface area contributed by atoms with Crippen molar-refractivity contribution in [2.45, 2.75) is 52.5 Å². The van der Waals surface area contributed by atoms with Gasteiger partial charge < -0.3 is 10.6 Å². The van der Waals surface area contributed by atoms with Crippen LogP contribution in [0.5, 0.6) is 0 Å². The molecule has 1 aliphatic heterocycles. The van der Waals surface area contributed by atoms with Gasteiger partial charge in [-0.3, -0.25) is 19.6 Å². The van der Waals surface area contributed by atoms with E-state index in [1.807, 2.05) is 13.0 Å². The lowest BCUT2D eigenvalue weighted by molar-refractivity contribution is -0.122. The Hall–Kier alpha value is -1.89. The third-order valence-electron chi connectivity index (χ3n) is 4.35. The molecule has 1 aliphatic rings. The van der Waals surface area contributed by atoms with E-state index in [1.54, 1.807) is 0 Å². The average molecular weight is 349 g/mol. The van der Waals surface area contributed by atoms with Crippen LogP contribution in [0.1, 0.15) is 56.2 Å². The van der Waals surface area contributed by atoms with Crippen LogP contribution in [-0.2, 0) is 11.2 Å². The SMILES string of the molecule is CCCNC(=O)CN1CCC(NC(=O)c2cc(CC(C)C)[nH]n2)CC1. The summed E-state index contributed by atoms with van der Waals surface area (Å²) in [7, 11) is 0. The van der Waals surface area contributed by atoms with Crippen molar-refractivity contribution in [1.29, 1.82) is 0 Å². The molecule has 2 heterocycles. The van der Waals surface area contributed by atoms with Crippen LogP contribution >= 0.6 is 0 Å². The molecule has 7 heteroatoms. The molecule has 0 radical (unpaired) electrons. The molecule has 7 nitrogen and oxygen atoms in total. The monoisotopic (exact) mass is 349 g/mol. The highest BCUT2D eigenvalue weighted by molar-refractivity contribution is 5.92. The first-order chi connectivity index (χ1) is 12.0. The van der Waals surface area contributed by atoms with E-state index in [4.69, 9.17) is 0 Å². The van der Waals surface area contributed by atoms with Crippen molar-refractivity contribution >= 4 is 11.8 Å². The van der Waals surface area contributed by atoms with Crippen molar-refractivity contribution in [3.63, 3.8) is 0 Å². The highest BCUT2D eigenvalue weighted by Crippen LogP contribution is 2.12. The van der Waals surface area contributed by atoms with Gasteiger partial charge in [0.1, 0.15) is 5.69 Å². The van der Waals surface area contributed by atoms with E-state index in [-0.39, 0.29) is 17.9 Å². The number of aromatic nitrogens is 2. The van der Waals surface area contributed by atoms with Crippen LogP contribution in [0.4, 0.5) is 0 Å². The third kappa shape index (κ3) is 6.49. The highest BCUT2D eigenvalue weighted by Gasteiger charge is 2.23. The number of piperidine rings is 1. The van der Waals surface area contributed by atoms with E-state index >= 15 is 0 Å². The summed E-state index contributed by atoms with van der Waals surface area (Å²) in [5.41, 5.74) is 1.45. The van der Waals surface area contributed by atoms with Crippen LogP contribution in [-0.4, -0.2) is 59.1 Å². The fourth-order valence-electron chi connectivity index (χ4n) is 3.04. The zero-order valence-electron chi connectivity index (χ0n) is 15.6. The molecule has 2 amide bonds. The number of hydrogen-bond donors (Lipinski definition) is 3. The Kier molecular flexibility index (Phi) is 7.43. The Bertz CT molecular complexity index is 562. The van der Waals surface area contributed by atoms with Crippen molar-refractivity contribution in [1.82, 2.24) is 25.7 Å². The van der Waals surface area contributed by atoms with Crippen LogP contribution < -0.4 is 10.6 Å². The predicted octanol–water partition coefficient (Wildman–Crippen LogP) is 1.33. The van der Waals surface area contributed by atoms with Crippen LogP contribution in [0, 0.1) is 5.92 Å². The fraction of sp³-hybridized carbons (Fsp3) is 0.722. The lowest BCUT2D eigenvalue weighted by Crippen LogP contribution is -2.47. The summed E-state index contributed by atoms with van der Waals surface area (Å²) < 4.78 is 0. The van der Waals surface area contributed by atoms with Gasteiger partial charge in [-0.2, -0.15) is 5.10 Å². The van der Waals surface area contributed by atoms with Crippen molar-refractivity contribution < 1.29 is 9.59 Å². The van der Waals surface area contributed by atoms with Gasteiger partial charge in [0.15, 0.2) is 0 Å². The van der Waals surface area contributed by atoms with Crippen molar-refractivity contribution in [3.05, 3.63) is 17.5 Å². The third-order valence-corrected chi connectivity index (χ3v) is 4.35. The minimum Gasteiger partial charge on any atom is -0.355 e. The molecular weight excluding hydrogens is 318 g/mol. The Morgan fingerprint density at radius 3 is 2.72 bits per heavy atom. The highest BCUT2D eigenvalue weighted by atomic mass is 16.2. The first kappa shape index (κ1) is 19.4. The summed E-state index contributed by atoms with van der Waals surface area (Å²) in [6.45, 7) is 9.13. The number of hydrogen-bond acceptors (Lipinski definition) is 4. The average Bonchev–Trinajstić information content (AvgIpc) is 3.02. The van der Waals surface area contributed by atoms with Gasteiger partial charge in [0.05, 0.1) is 6.54 Å². The number of nitrogens with one attached hydrogen (secondary N) is 3. The molecule has 0 unspecified atom stereocenters. The number of rotatable bonds is 8. The number of likely N-dealkylation sites (tertiary alicyclic amines) is 1. The van der Waals surface area contributed by atoms with E-state index in [2.05, 4.69) is 39.6 Å². The van der Waals surface area contributed by atoms with Crippen molar-refractivity contribution in [2.24, 2.45) is 5.92 Å². The van der Waals surface area contributed by atoms with Crippen LogP contribution in [0.25, 0.3) is 0 Å². The minimum atomic E-state index is -0.120. The van der Waals surface area contributed by atoms with Gasteiger partial charge in [0, 0.05) is 31.4 Å². The zero-order chi connectivity index (χ0) is 18.2. The molecule has 0 atom stereocenters. The van der Waals surface area contributed by atoms with Crippen LogP contribution in [0.2, 0.25) is 0 Å². The Morgan fingerprint density at radius 1 is 1.36 bits per heavy atom. The molecule has 0 spiro atoms. The van der Waals surface area contributed by atoms with Crippen LogP contribution in [0.15, 0.2) is 6.07 Å². The number of aromatic amines is 1. The minimum absolute atomic E-state index is 0.0820. The molecular formula is C18H31N5O2. The zero-order valence-corrected chi connectivity index (χ0v) is 15.6. The number of carbonyl (C=O) groups excluding carboxylic acids is 2. The molecule has 1 fully saturated rings. The number of carbonyl (C=O) groups is 2. The van der Waals surface area contributed by atoms with Gasteiger partial charge in [-0.25, -0.2) is 0 Å². The second-order valence-corrected chi connectivity index (χ2v) is 7.25. The molecule has 0 saturated carbocycles. The molecule has 0 bridgehead atoms. The van der Waals surface area contributed by atoms with E-state index < -0.39 is 0 Å². The standard InChI is InChI=1S/C18H31N5O2/c1-4-7-19-17(24)12-23-8-5-14(6-9-23)20-18(25)16-11-15(21-22-16)10-13(2)3/h11,13-14H,4-10,12H2,1-3H3,(H,19,24)(H,20,25)(H,21,22). The smallest absolute Gasteiger partial charge is 0.271 e. The summed E-state index contributed by atoms with van der Waals surface area (Å²) in [5.74, 6) is 0.485. The molecule has 1 saturated heterocycles. The lowest BCUT2D eigenvalue weighted by atomic mass is 10.0. The summed E-state index contributed by atoms with van der Waals surface area (Å²) >= 11 is 0. The first-order valence-corrected chi connectivity index (χ1v) is 9.32. The van der Waals surface area contributed by atoms with Crippen molar-refractivity contribution in [3.8, 4) is 0 Å². The molecule has 1 aromatic heterocycles. The Balaban J connectivity index is 1.73. The number of amides is 2. The largest absolute Gasteiger partial charge is 0.355 e. The van der Waals surface area contributed by atoms with Crippen molar-refractivity contribution in [2.75, 3.05) is 26.2 Å². The maximum atomic E-state index is 12.3. The summed E-state index contributed by atoms with van der Waals surface area (Å²) in [6.07, 6.45) is 3.55. The van der Waals surface area contributed by atoms with E-state index in [0.717, 1.165) is 51.0 Å². The molecule has 140 valence electrons. The van der Waals surface area contributed by atoms with E-state index in [0.29, 0.717) is 18.2 Å². The molecule has 25 heavy (non-hydrogen) atoms. The molecule has 3 N–H and O–H groups in total. The predicted molar refractivity (Wildman–Crippen MR) is 97.4 cm³/mol. The van der Waals surface area contributed by atoms with Gasteiger partial charge in [-0.05, 0) is 37.7 Å². The summed E-state index contributed by atoms with van der Waals surface area (Å²) in [6, 6.07) is 1.98. The van der Waals surface area contributed by atoms with Gasteiger partial charge in [0.2, 0.25) is 5.91 Å². The fourth-order valence-corrected chi connectivity index (χ4v) is 3.04. The Labute approximate surface area is 149 Å².